The van der Waals surface area contributed by atoms with Gasteiger partial charge < -0.3 is 10.1 Å². The molecule has 0 saturated carbocycles. The SMILES string of the molecule is CCCc1ccc(OCC(=O)Nc2cccc(Br)c2)cc1. The molecule has 2 aromatic rings. The van der Waals surface area contributed by atoms with E-state index in [0.29, 0.717) is 5.75 Å². The van der Waals surface area contributed by atoms with Crippen molar-refractivity contribution in [2.45, 2.75) is 19.8 Å². The molecule has 0 aliphatic rings. The summed E-state index contributed by atoms with van der Waals surface area (Å²) in [6, 6.07) is 15.3. The molecule has 2 aromatic carbocycles. The Morgan fingerprint density at radius 1 is 1.19 bits per heavy atom. The number of carbonyl (C=O) groups excluding carboxylic acids is 1. The minimum atomic E-state index is -0.175. The highest BCUT2D eigenvalue weighted by atomic mass is 79.9. The first-order chi connectivity index (χ1) is 10.2. The molecule has 3 nitrogen and oxygen atoms in total. The van der Waals surface area contributed by atoms with Gasteiger partial charge in [-0.05, 0) is 42.3 Å². The highest BCUT2D eigenvalue weighted by Gasteiger charge is 2.04. The van der Waals surface area contributed by atoms with Gasteiger partial charge in [0.25, 0.3) is 5.91 Å². The summed E-state index contributed by atoms with van der Waals surface area (Å²) in [7, 11) is 0. The van der Waals surface area contributed by atoms with E-state index in [1.807, 2.05) is 48.5 Å². The lowest BCUT2D eigenvalue weighted by Gasteiger charge is -2.08. The highest BCUT2D eigenvalue weighted by molar-refractivity contribution is 9.10. The van der Waals surface area contributed by atoms with Gasteiger partial charge in [0.15, 0.2) is 6.61 Å². The maximum atomic E-state index is 11.8. The summed E-state index contributed by atoms with van der Waals surface area (Å²) in [5.41, 5.74) is 2.03. The van der Waals surface area contributed by atoms with Gasteiger partial charge >= 0.3 is 0 Å². The third-order valence-electron chi connectivity index (χ3n) is 2.94. The number of rotatable bonds is 6. The number of halogens is 1. The van der Waals surface area contributed by atoms with Crippen molar-refractivity contribution < 1.29 is 9.53 Å². The van der Waals surface area contributed by atoms with Crippen molar-refractivity contribution in [2.24, 2.45) is 0 Å². The Kier molecular flexibility index (Phi) is 5.81. The zero-order valence-electron chi connectivity index (χ0n) is 11.9. The van der Waals surface area contributed by atoms with Crippen LogP contribution in [0.2, 0.25) is 0 Å². The molecule has 0 saturated heterocycles. The monoisotopic (exact) mass is 347 g/mol. The summed E-state index contributed by atoms with van der Waals surface area (Å²) in [6.45, 7) is 2.15. The second-order valence-corrected chi connectivity index (χ2v) is 5.66. The Balaban J connectivity index is 1.83. The molecule has 0 fully saturated rings. The number of carbonyl (C=O) groups is 1. The van der Waals surface area contributed by atoms with Crippen molar-refractivity contribution in [3.05, 3.63) is 58.6 Å². The molecule has 110 valence electrons. The molecule has 4 heteroatoms. The highest BCUT2D eigenvalue weighted by Crippen LogP contribution is 2.16. The minimum absolute atomic E-state index is 0.000359. The molecule has 0 aliphatic heterocycles. The lowest BCUT2D eigenvalue weighted by Crippen LogP contribution is -2.20. The molecule has 0 atom stereocenters. The molecule has 0 bridgehead atoms. The zero-order chi connectivity index (χ0) is 15.1. The lowest BCUT2D eigenvalue weighted by molar-refractivity contribution is -0.118. The molecule has 1 amide bonds. The lowest BCUT2D eigenvalue weighted by atomic mass is 10.1. The van der Waals surface area contributed by atoms with Crippen LogP contribution in [-0.4, -0.2) is 12.5 Å². The van der Waals surface area contributed by atoms with Gasteiger partial charge in [-0.1, -0.05) is 47.5 Å². The van der Waals surface area contributed by atoms with Gasteiger partial charge in [0.1, 0.15) is 5.75 Å². The summed E-state index contributed by atoms with van der Waals surface area (Å²) in [6.07, 6.45) is 2.18. The van der Waals surface area contributed by atoms with E-state index in [2.05, 4.69) is 28.2 Å². The summed E-state index contributed by atoms with van der Waals surface area (Å²) in [5, 5.41) is 2.79. The van der Waals surface area contributed by atoms with Crippen molar-refractivity contribution in [3.63, 3.8) is 0 Å². The average Bonchev–Trinajstić information content (AvgIpc) is 2.47. The molecule has 21 heavy (non-hydrogen) atoms. The predicted octanol–water partition coefficient (Wildman–Crippen LogP) is 4.42. The number of aryl methyl sites for hydroxylation is 1. The summed E-state index contributed by atoms with van der Waals surface area (Å²) >= 11 is 3.36. The molecular weight excluding hydrogens is 330 g/mol. The first-order valence-electron chi connectivity index (χ1n) is 6.94. The Bertz CT molecular complexity index is 596. The van der Waals surface area contributed by atoms with Crippen LogP contribution in [0.3, 0.4) is 0 Å². The van der Waals surface area contributed by atoms with Crippen LogP contribution in [0.25, 0.3) is 0 Å². The van der Waals surface area contributed by atoms with E-state index in [-0.39, 0.29) is 12.5 Å². The summed E-state index contributed by atoms with van der Waals surface area (Å²) in [4.78, 5) is 11.8. The van der Waals surface area contributed by atoms with E-state index in [9.17, 15) is 4.79 Å². The van der Waals surface area contributed by atoms with Crippen molar-refractivity contribution in [1.82, 2.24) is 0 Å². The van der Waals surface area contributed by atoms with Gasteiger partial charge in [0.2, 0.25) is 0 Å². The Morgan fingerprint density at radius 3 is 2.62 bits per heavy atom. The number of ether oxygens (including phenoxy) is 1. The van der Waals surface area contributed by atoms with E-state index in [0.717, 1.165) is 23.0 Å². The Labute approximate surface area is 133 Å². The third kappa shape index (κ3) is 5.23. The standard InChI is InChI=1S/C17H18BrNO2/c1-2-4-13-7-9-16(10-8-13)21-12-17(20)19-15-6-3-5-14(18)11-15/h3,5-11H,2,4,12H2,1H3,(H,19,20). The fourth-order valence-corrected chi connectivity index (χ4v) is 2.35. The van der Waals surface area contributed by atoms with Crippen LogP contribution < -0.4 is 10.1 Å². The van der Waals surface area contributed by atoms with Crippen LogP contribution in [-0.2, 0) is 11.2 Å². The normalized spacial score (nSPS) is 10.2. The van der Waals surface area contributed by atoms with Crippen LogP contribution in [0.5, 0.6) is 5.75 Å². The third-order valence-corrected chi connectivity index (χ3v) is 3.43. The Hall–Kier alpha value is -1.81. The van der Waals surface area contributed by atoms with Crippen LogP contribution in [0.4, 0.5) is 5.69 Å². The molecule has 0 aliphatic carbocycles. The molecule has 0 radical (unpaired) electrons. The van der Waals surface area contributed by atoms with Crippen LogP contribution in [0, 0.1) is 0 Å². The van der Waals surface area contributed by atoms with Crippen LogP contribution in [0.15, 0.2) is 53.0 Å². The molecule has 0 spiro atoms. The van der Waals surface area contributed by atoms with Crippen molar-refractivity contribution in [1.29, 1.82) is 0 Å². The predicted molar refractivity (Wildman–Crippen MR) is 88.7 cm³/mol. The van der Waals surface area contributed by atoms with Gasteiger partial charge in [-0.15, -0.1) is 0 Å². The summed E-state index contributed by atoms with van der Waals surface area (Å²) < 4.78 is 6.40. The van der Waals surface area contributed by atoms with Crippen molar-refractivity contribution in [3.8, 4) is 5.75 Å². The number of anilines is 1. The molecule has 0 aromatic heterocycles. The van der Waals surface area contributed by atoms with Gasteiger partial charge in [0, 0.05) is 10.2 Å². The minimum Gasteiger partial charge on any atom is -0.484 e. The molecule has 1 N–H and O–H groups in total. The van der Waals surface area contributed by atoms with E-state index in [4.69, 9.17) is 4.74 Å². The van der Waals surface area contributed by atoms with Crippen molar-refractivity contribution >= 4 is 27.5 Å². The average molecular weight is 348 g/mol. The second-order valence-electron chi connectivity index (χ2n) is 4.74. The quantitative estimate of drug-likeness (QED) is 0.839. The first kappa shape index (κ1) is 15.6. The van der Waals surface area contributed by atoms with E-state index >= 15 is 0 Å². The number of benzene rings is 2. The fourth-order valence-electron chi connectivity index (χ4n) is 1.95. The number of hydrogen-bond donors (Lipinski definition) is 1. The van der Waals surface area contributed by atoms with Gasteiger partial charge in [-0.2, -0.15) is 0 Å². The molecule has 0 unspecified atom stereocenters. The number of amides is 1. The smallest absolute Gasteiger partial charge is 0.262 e. The topological polar surface area (TPSA) is 38.3 Å². The van der Waals surface area contributed by atoms with Gasteiger partial charge in [0.05, 0.1) is 0 Å². The molecule has 2 rings (SSSR count). The van der Waals surface area contributed by atoms with Gasteiger partial charge in [-0.25, -0.2) is 0 Å². The second kappa shape index (κ2) is 7.84. The molecular formula is C17H18BrNO2. The summed E-state index contributed by atoms with van der Waals surface area (Å²) in [5.74, 6) is 0.532. The van der Waals surface area contributed by atoms with E-state index < -0.39 is 0 Å². The zero-order valence-corrected chi connectivity index (χ0v) is 13.5. The number of hydrogen-bond acceptors (Lipinski definition) is 2. The largest absolute Gasteiger partial charge is 0.484 e. The van der Waals surface area contributed by atoms with Crippen molar-refractivity contribution in [2.75, 3.05) is 11.9 Å². The maximum Gasteiger partial charge on any atom is 0.262 e. The van der Waals surface area contributed by atoms with E-state index in [1.54, 1.807) is 0 Å². The maximum absolute atomic E-state index is 11.8. The molecule has 0 heterocycles. The van der Waals surface area contributed by atoms with Crippen LogP contribution >= 0.6 is 15.9 Å². The Morgan fingerprint density at radius 2 is 1.95 bits per heavy atom. The van der Waals surface area contributed by atoms with E-state index in [1.165, 1.54) is 5.56 Å². The fraction of sp³-hybridized carbons (Fsp3) is 0.235. The number of nitrogens with one attached hydrogen (secondary N) is 1. The first-order valence-corrected chi connectivity index (χ1v) is 7.74. The van der Waals surface area contributed by atoms with Crippen LogP contribution in [0.1, 0.15) is 18.9 Å². The van der Waals surface area contributed by atoms with Gasteiger partial charge in [-0.3, -0.25) is 4.79 Å².